The van der Waals surface area contributed by atoms with Crippen LogP contribution in [0.2, 0.25) is 0 Å². The number of hydrogen-bond donors (Lipinski definition) is 1. The minimum atomic E-state index is -4.93. The number of benzene rings is 1. The number of carbonyl (C=O) groups is 1. The molecule has 0 heterocycles. The van der Waals surface area contributed by atoms with Crippen LogP contribution < -0.4 is 0 Å². The van der Waals surface area contributed by atoms with Crippen molar-refractivity contribution in [2.45, 2.75) is 6.18 Å². The van der Waals surface area contributed by atoms with Crippen LogP contribution in [0.4, 0.5) is 13.2 Å². The fourth-order valence-corrected chi connectivity index (χ4v) is 1.25. The van der Waals surface area contributed by atoms with Gasteiger partial charge in [0.15, 0.2) is 0 Å². The summed E-state index contributed by atoms with van der Waals surface area (Å²) in [6.45, 7) is 0. The molecule has 1 aromatic carbocycles. The average molecular weight is 245 g/mol. The van der Waals surface area contributed by atoms with E-state index >= 15 is 0 Å². The molecule has 0 unspecified atom stereocenters. The minimum Gasteiger partial charge on any atom is -0.506 e. The maximum absolute atomic E-state index is 12.6. The molecule has 0 saturated carbocycles. The van der Waals surface area contributed by atoms with Gasteiger partial charge < -0.3 is 9.84 Å². The summed E-state index contributed by atoms with van der Waals surface area (Å²) in [6.07, 6.45) is -4.93. The third-order valence-corrected chi connectivity index (χ3v) is 1.99. The van der Waals surface area contributed by atoms with Gasteiger partial charge in [0, 0.05) is 0 Å². The summed E-state index contributed by atoms with van der Waals surface area (Å²) in [6, 6.07) is 2.99. The topological polar surface area (TPSA) is 70.3 Å². The number of alkyl halides is 3. The fourth-order valence-electron chi connectivity index (χ4n) is 1.25. The van der Waals surface area contributed by atoms with Crippen molar-refractivity contribution in [1.82, 2.24) is 0 Å². The molecule has 4 nitrogen and oxygen atoms in total. The van der Waals surface area contributed by atoms with Crippen molar-refractivity contribution in [2.75, 3.05) is 7.11 Å². The van der Waals surface area contributed by atoms with Gasteiger partial charge in [0.2, 0.25) is 0 Å². The average Bonchev–Trinajstić information content (AvgIpc) is 2.25. The van der Waals surface area contributed by atoms with Gasteiger partial charge in [-0.2, -0.15) is 18.4 Å². The number of esters is 1. The van der Waals surface area contributed by atoms with E-state index in [4.69, 9.17) is 5.26 Å². The van der Waals surface area contributed by atoms with Gasteiger partial charge in [0.25, 0.3) is 0 Å². The molecule has 0 aliphatic rings. The zero-order chi connectivity index (χ0) is 13.2. The first-order valence-corrected chi connectivity index (χ1v) is 4.24. The van der Waals surface area contributed by atoms with E-state index in [0.717, 1.165) is 19.2 Å². The Morgan fingerprint density at radius 3 is 2.47 bits per heavy atom. The largest absolute Gasteiger partial charge is 0.506 e. The SMILES string of the molecule is COC(=O)c1ccc(C#N)c(C(F)(F)F)c1O. The predicted octanol–water partition coefficient (Wildman–Crippen LogP) is 2.07. The molecule has 90 valence electrons. The number of carbonyl (C=O) groups excluding carboxylic acids is 1. The Hall–Kier alpha value is -2.23. The lowest BCUT2D eigenvalue weighted by Gasteiger charge is -2.12. The number of hydrogen-bond acceptors (Lipinski definition) is 4. The summed E-state index contributed by atoms with van der Waals surface area (Å²) in [5.41, 5.74) is -2.94. The van der Waals surface area contributed by atoms with E-state index < -0.39 is 34.6 Å². The van der Waals surface area contributed by atoms with Crippen LogP contribution in [-0.4, -0.2) is 18.2 Å². The molecule has 0 amide bonds. The summed E-state index contributed by atoms with van der Waals surface area (Å²) in [4.78, 5) is 11.1. The van der Waals surface area contributed by atoms with Crippen molar-refractivity contribution in [2.24, 2.45) is 0 Å². The third-order valence-electron chi connectivity index (χ3n) is 1.99. The van der Waals surface area contributed by atoms with E-state index in [1.807, 2.05) is 0 Å². The van der Waals surface area contributed by atoms with Gasteiger partial charge in [0.05, 0.1) is 18.7 Å². The van der Waals surface area contributed by atoms with Crippen LogP contribution in [0.1, 0.15) is 21.5 Å². The highest BCUT2D eigenvalue weighted by atomic mass is 19.4. The normalized spacial score (nSPS) is 10.8. The van der Waals surface area contributed by atoms with E-state index in [1.165, 1.54) is 6.07 Å². The number of phenols is 1. The van der Waals surface area contributed by atoms with Crippen molar-refractivity contribution in [3.63, 3.8) is 0 Å². The Morgan fingerprint density at radius 1 is 1.47 bits per heavy atom. The molecule has 1 aromatic rings. The van der Waals surface area contributed by atoms with Gasteiger partial charge in [-0.1, -0.05) is 0 Å². The van der Waals surface area contributed by atoms with Crippen LogP contribution in [0, 0.1) is 11.3 Å². The zero-order valence-corrected chi connectivity index (χ0v) is 8.50. The first kappa shape index (κ1) is 12.8. The number of rotatable bonds is 1. The maximum atomic E-state index is 12.6. The molecule has 7 heteroatoms. The lowest BCUT2D eigenvalue weighted by Crippen LogP contribution is -2.12. The van der Waals surface area contributed by atoms with Crippen molar-refractivity contribution in [3.05, 3.63) is 28.8 Å². The summed E-state index contributed by atoms with van der Waals surface area (Å²) in [5, 5.41) is 17.9. The Bertz CT molecular complexity index is 503. The number of aromatic hydroxyl groups is 1. The predicted molar refractivity (Wildman–Crippen MR) is 49.2 cm³/mol. The standard InChI is InChI=1S/C10H6F3NO3/c1-17-9(16)6-3-2-5(4-14)7(8(6)15)10(11,12)13/h2-3,15H,1H3. The van der Waals surface area contributed by atoms with Crippen molar-refractivity contribution in [3.8, 4) is 11.8 Å². The van der Waals surface area contributed by atoms with Crippen LogP contribution in [-0.2, 0) is 10.9 Å². The molecule has 1 N–H and O–H groups in total. The van der Waals surface area contributed by atoms with Gasteiger partial charge in [-0.25, -0.2) is 4.79 Å². The molecule has 0 saturated heterocycles. The number of phenolic OH excluding ortho intramolecular Hbond substituents is 1. The van der Waals surface area contributed by atoms with Crippen molar-refractivity contribution < 1.29 is 27.8 Å². The molecule has 1 rings (SSSR count). The monoisotopic (exact) mass is 245 g/mol. The summed E-state index contributed by atoms with van der Waals surface area (Å²) < 4.78 is 42.0. The molecule has 0 spiro atoms. The number of nitriles is 1. The fraction of sp³-hybridized carbons (Fsp3) is 0.200. The number of ether oxygens (including phenoxy) is 1. The van der Waals surface area contributed by atoms with E-state index in [9.17, 15) is 23.1 Å². The quantitative estimate of drug-likeness (QED) is 0.769. The summed E-state index contributed by atoms with van der Waals surface area (Å²) >= 11 is 0. The number of halogens is 3. The second-order valence-electron chi connectivity index (χ2n) is 2.99. The molecule has 0 radical (unpaired) electrons. The van der Waals surface area contributed by atoms with E-state index in [1.54, 1.807) is 0 Å². The Morgan fingerprint density at radius 2 is 2.06 bits per heavy atom. The van der Waals surface area contributed by atoms with Gasteiger partial charge in [-0.3, -0.25) is 0 Å². The van der Waals surface area contributed by atoms with E-state index in [0.29, 0.717) is 0 Å². The molecule has 0 bridgehead atoms. The molecule has 0 fully saturated rings. The van der Waals surface area contributed by atoms with Gasteiger partial charge >= 0.3 is 12.1 Å². The minimum absolute atomic E-state index is 0.640. The summed E-state index contributed by atoms with van der Waals surface area (Å²) in [7, 11) is 0.966. The van der Waals surface area contributed by atoms with Crippen LogP contribution in [0.5, 0.6) is 5.75 Å². The number of methoxy groups -OCH3 is 1. The second-order valence-corrected chi connectivity index (χ2v) is 2.99. The molecule has 0 aromatic heterocycles. The maximum Gasteiger partial charge on any atom is 0.421 e. The highest BCUT2D eigenvalue weighted by Gasteiger charge is 2.38. The molecular weight excluding hydrogens is 239 g/mol. The molecule has 0 aliphatic carbocycles. The second kappa shape index (κ2) is 4.33. The molecule has 0 aliphatic heterocycles. The first-order chi connectivity index (χ1) is 7.82. The van der Waals surface area contributed by atoms with Crippen molar-refractivity contribution >= 4 is 5.97 Å². The first-order valence-electron chi connectivity index (χ1n) is 4.24. The lowest BCUT2D eigenvalue weighted by atomic mass is 10.0. The number of nitrogens with zero attached hydrogens (tertiary/aromatic N) is 1. The van der Waals surface area contributed by atoms with Crippen molar-refractivity contribution in [1.29, 1.82) is 5.26 Å². The highest BCUT2D eigenvalue weighted by Crippen LogP contribution is 2.39. The Kier molecular flexibility index (Phi) is 3.27. The van der Waals surface area contributed by atoms with E-state index in [2.05, 4.69) is 4.74 Å². The van der Waals surface area contributed by atoms with Crippen LogP contribution in [0.15, 0.2) is 12.1 Å². The zero-order valence-electron chi connectivity index (χ0n) is 8.50. The smallest absolute Gasteiger partial charge is 0.421 e. The van der Waals surface area contributed by atoms with Gasteiger partial charge in [-0.15, -0.1) is 0 Å². The van der Waals surface area contributed by atoms with Gasteiger partial charge in [-0.05, 0) is 12.1 Å². The molecular formula is C10H6F3NO3. The van der Waals surface area contributed by atoms with Crippen LogP contribution >= 0.6 is 0 Å². The molecule has 0 atom stereocenters. The van der Waals surface area contributed by atoms with E-state index in [-0.39, 0.29) is 0 Å². The third kappa shape index (κ3) is 2.30. The van der Waals surface area contributed by atoms with Gasteiger partial charge in [0.1, 0.15) is 16.9 Å². The Labute approximate surface area is 93.8 Å². The summed E-state index contributed by atoms with van der Waals surface area (Å²) in [5.74, 6) is -2.42. The van der Waals surface area contributed by atoms with Crippen LogP contribution in [0.3, 0.4) is 0 Å². The molecule has 17 heavy (non-hydrogen) atoms. The lowest BCUT2D eigenvalue weighted by molar-refractivity contribution is -0.139. The Balaban J connectivity index is 3.56. The van der Waals surface area contributed by atoms with Crippen LogP contribution in [0.25, 0.3) is 0 Å². The highest BCUT2D eigenvalue weighted by molar-refractivity contribution is 5.93.